The Morgan fingerprint density at radius 2 is 1.80 bits per heavy atom. The molecule has 1 heterocycles. The standard InChI is InChI=1S/C17H25NO2.C14H16N2O2.C2H6/c1-4-13-6-8-14(9-7-13)17(19)18-15-10-5-12(2)16(11-15)20-3;1-3-13-10(2)6-12(7-11(13)8-17)18-9-14-15-4-5-16-14;1-2/h5,10-11,13-14H,4,6-9H2,1-3H3,(H,18,19);4-8H,3,9H2,1-2H3,(H,15,16);1-2H3. The minimum atomic E-state index is 0.158. The number of aldehydes is 1. The summed E-state index contributed by atoms with van der Waals surface area (Å²) >= 11 is 0. The SMILES string of the molecule is CC.CCC1CCC(C(=O)Nc2ccc(C)c(OC)c2)CC1.CCc1c(C)cc(OCc2ncc[nH]2)cc1C=O. The summed E-state index contributed by atoms with van der Waals surface area (Å²) in [6.45, 7) is 12.6. The van der Waals surface area contributed by atoms with Crippen LogP contribution in [0.3, 0.4) is 0 Å². The van der Waals surface area contributed by atoms with Crippen molar-refractivity contribution in [2.45, 2.75) is 86.7 Å². The number of aromatic amines is 1. The van der Waals surface area contributed by atoms with E-state index in [4.69, 9.17) is 9.47 Å². The van der Waals surface area contributed by atoms with Gasteiger partial charge in [-0.25, -0.2) is 4.98 Å². The Balaban J connectivity index is 0.000000265. The first-order valence-corrected chi connectivity index (χ1v) is 14.5. The molecule has 1 aromatic heterocycles. The van der Waals surface area contributed by atoms with Crippen LogP contribution in [-0.2, 0) is 17.8 Å². The molecule has 4 rings (SSSR count). The summed E-state index contributed by atoms with van der Waals surface area (Å²) in [5, 5.41) is 3.03. The lowest BCUT2D eigenvalue weighted by Crippen LogP contribution is -2.27. The van der Waals surface area contributed by atoms with Crippen LogP contribution in [0.2, 0.25) is 0 Å². The number of carbonyl (C=O) groups excluding carboxylic acids is 2. The second kappa shape index (κ2) is 17.2. The van der Waals surface area contributed by atoms with Crippen LogP contribution in [0.5, 0.6) is 11.5 Å². The Kier molecular flexibility index (Phi) is 14.0. The fourth-order valence-electron chi connectivity index (χ4n) is 4.99. The molecule has 0 radical (unpaired) electrons. The molecule has 2 aromatic carbocycles. The van der Waals surface area contributed by atoms with Crippen molar-refractivity contribution in [1.82, 2.24) is 9.97 Å². The number of aromatic nitrogens is 2. The highest BCUT2D eigenvalue weighted by Crippen LogP contribution is 2.32. The number of rotatable bonds is 9. The smallest absolute Gasteiger partial charge is 0.227 e. The van der Waals surface area contributed by atoms with Crippen molar-refractivity contribution >= 4 is 17.9 Å². The van der Waals surface area contributed by atoms with Gasteiger partial charge in [-0.2, -0.15) is 0 Å². The van der Waals surface area contributed by atoms with Gasteiger partial charge in [0.2, 0.25) is 5.91 Å². The van der Waals surface area contributed by atoms with E-state index in [1.54, 1.807) is 25.6 Å². The number of hydrogen-bond acceptors (Lipinski definition) is 5. The lowest BCUT2D eigenvalue weighted by Gasteiger charge is -2.27. The van der Waals surface area contributed by atoms with Crippen LogP contribution < -0.4 is 14.8 Å². The number of methoxy groups -OCH3 is 1. The molecule has 1 saturated carbocycles. The molecule has 3 aromatic rings. The molecular weight excluding hydrogens is 502 g/mol. The van der Waals surface area contributed by atoms with Crippen molar-refractivity contribution in [1.29, 1.82) is 0 Å². The summed E-state index contributed by atoms with van der Waals surface area (Å²) < 4.78 is 10.9. The third kappa shape index (κ3) is 9.54. The maximum Gasteiger partial charge on any atom is 0.227 e. The van der Waals surface area contributed by atoms with Gasteiger partial charge >= 0.3 is 0 Å². The fourth-order valence-corrected chi connectivity index (χ4v) is 4.99. The third-order valence-electron chi connectivity index (χ3n) is 7.36. The number of carbonyl (C=O) groups is 2. The zero-order chi connectivity index (χ0) is 29.5. The van der Waals surface area contributed by atoms with Gasteiger partial charge in [-0.15, -0.1) is 0 Å². The minimum Gasteiger partial charge on any atom is -0.496 e. The molecule has 1 aliphatic carbocycles. The van der Waals surface area contributed by atoms with Gasteiger partial charge in [0.15, 0.2) is 0 Å². The lowest BCUT2D eigenvalue weighted by atomic mass is 9.80. The van der Waals surface area contributed by atoms with E-state index < -0.39 is 0 Å². The minimum absolute atomic E-state index is 0.158. The van der Waals surface area contributed by atoms with E-state index in [2.05, 4.69) is 22.2 Å². The first-order chi connectivity index (χ1) is 19.4. The van der Waals surface area contributed by atoms with E-state index >= 15 is 0 Å². The molecule has 7 heteroatoms. The van der Waals surface area contributed by atoms with Gasteiger partial charge in [0, 0.05) is 35.6 Å². The van der Waals surface area contributed by atoms with E-state index in [1.165, 1.54) is 19.3 Å². The van der Waals surface area contributed by atoms with Crippen LogP contribution in [0.4, 0.5) is 5.69 Å². The fraction of sp³-hybridized carbons (Fsp3) is 0.485. The predicted molar refractivity (Wildman–Crippen MR) is 162 cm³/mol. The number of imidazole rings is 1. The predicted octanol–water partition coefficient (Wildman–Crippen LogP) is 7.86. The number of amides is 1. The Morgan fingerprint density at radius 1 is 1.07 bits per heavy atom. The summed E-state index contributed by atoms with van der Waals surface area (Å²) in [6.07, 6.45) is 10.8. The molecule has 0 atom stereocenters. The highest BCUT2D eigenvalue weighted by molar-refractivity contribution is 5.92. The number of aryl methyl sites for hydroxylation is 2. The van der Waals surface area contributed by atoms with Crippen molar-refractivity contribution < 1.29 is 19.1 Å². The summed E-state index contributed by atoms with van der Waals surface area (Å²) in [7, 11) is 1.65. The summed E-state index contributed by atoms with van der Waals surface area (Å²) in [5.74, 6) is 3.43. The van der Waals surface area contributed by atoms with E-state index in [0.717, 1.165) is 65.4 Å². The summed E-state index contributed by atoms with van der Waals surface area (Å²) in [4.78, 5) is 30.4. The van der Waals surface area contributed by atoms with Gasteiger partial charge in [-0.1, -0.05) is 40.2 Å². The second-order valence-corrected chi connectivity index (χ2v) is 9.90. The Labute approximate surface area is 240 Å². The van der Waals surface area contributed by atoms with Crippen molar-refractivity contribution in [3.05, 3.63) is 70.8 Å². The molecule has 218 valence electrons. The second-order valence-electron chi connectivity index (χ2n) is 9.90. The van der Waals surface area contributed by atoms with E-state index in [0.29, 0.717) is 17.9 Å². The molecule has 40 heavy (non-hydrogen) atoms. The highest BCUT2D eigenvalue weighted by atomic mass is 16.5. The lowest BCUT2D eigenvalue weighted by molar-refractivity contribution is -0.121. The van der Waals surface area contributed by atoms with Crippen LogP contribution in [0, 0.1) is 25.7 Å². The number of nitrogens with zero attached hydrogens (tertiary/aromatic N) is 1. The molecule has 0 saturated heterocycles. The van der Waals surface area contributed by atoms with Crippen LogP contribution in [0.1, 0.15) is 92.7 Å². The number of benzene rings is 2. The molecular formula is C33H47N3O4. The number of hydrogen-bond donors (Lipinski definition) is 2. The van der Waals surface area contributed by atoms with E-state index in [9.17, 15) is 9.59 Å². The molecule has 7 nitrogen and oxygen atoms in total. The summed E-state index contributed by atoms with van der Waals surface area (Å²) in [6, 6.07) is 9.54. The number of nitrogens with one attached hydrogen (secondary N) is 2. The average Bonchev–Trinajstić information content (AvgIpc) is 3.52. The largest absolute Gasteiger partial charge is 0.496 e. The van der Waals surface area contributed by atoms with Crippen molar-refractivity contribution in [3.8, 4) is 11.5 Å². The first-order valence-electron chi connectivity index (χ1n) is 14.5. The topological polar surface area (TPSA) is 93.3 Å². The van der Waals surface area contributed by atoms with Crippen LogP contribution in [-0.4, -0.2) is 29.3 Å². The Morgan fingerprint density at radius 3 is 2.38 bits per heavy atom. The zero-order valence-corrected chi connectivity index (χ0v) is 25.3. The maximum atomic E-state index is 12.3. The first kappa shape index (κ1) is 32.6. The monoisotopic (exact) mass is 549 g/mol. The Bertz CT molecular complexity index is 1180. The van der Waals surface area contributed by atoms with Gasteiger partial charge < -0.3 is 19.8 Å². The molecule has 1 amide bonds. The van der Waals surface area contributed by atoms with E-state index in [-0.39, 0.29) is 11.8 Å². The highest BCUT2D eigenvalue weighted by Gasteiger charge is 2.25. The molecule has 1 aliphatic rings. The zero-order valence-electron chi connectivity index (χ0n) is 25.3. The van der Waals surface area contributed by atoms with Gasteiger partial charge in [-0.3, -0.25) is 9.59 Å². The molecule has 0 bridgehead atoms. The van der Waals surface area contributed by atoms with Crippen molar-refractivity contribution in [2.24, 2.45) is 11.8 Å². The van der Waals surface area contributed by atoms with Crippen molar-refractivity contribution in [3.63, 3.8) is 0 Å². The van der Waals surface area contributed by atoms with Crippen LogP contribution >= 0.6 is 0 Å². The number of anilines is 1. The molecule has 0 unspecified atom stereocenters. The number of ether oxygens (including phenoxy) is 2. The number of H-pyrrole nitrogens is 1. The molecule has 0 aliphatic heterocycles. The van der Waals surface area contributed by atoms with Gasteiger partial charge in [-0.05, 0) is 86.8 Å². The van der Waals surface area contributed by atoms with Gasteiger partial charge in [0.25, 0.3) is 0 Å². The maximum absolute atomic E-state index is 12.3. The van der Waals surface area contributed by atoms with Crippen LogP contribution in [0.15, 0.2) is 42.7 Å². The quantitative estimate of drug-likeness (QED) is 0.265. The third-order valence-corrected chi connectivity index (χ3v) is 7.36. The van der Waals surface area contributed by atoms with Gasteiger partial charge in [0.1, 0.15) is 30.2 Å². The molecule has 0 spiro atoms. The molecule has 1 fully saturated rings. The normalized spacial score (nSPS) is 16.0. The Hall–Kier alpha value is -3.61. The average molecular weight is 550 g/mol. The van der Waals surface area contributed by atoms with Gasteiger partial charge in [0.05, 0.1) is 7.11 Å². The van der Waals surface area contributed by atoms with Crippen LogP contribution in [0.25, 0.3) is 0 Å². The molecule has 2 N–H and O–H groups in total. The van der Waals surface area contributed by atoms with Crippen molar-refractivity contribution in [2.75, 3.05) is 12.4 Å². The summed E-state index contributed by atoms with van der Waals surface area (Å²) in [5.41, 5.74) is 4.77. The van der Waals surface area contributed by atoms with E-state index in [1.807, 2.05) is 58.9 Å².